The third kappa shape index (κ3) is 2.99. The van der Waals surface area contributed by atoms with Gasteiger partial charge < -0.3 is 4.90 Å². The molecule has 0 fully saturated rings. The maximum atomic E-state index is 4.62. The van der Waals surface area contributed by atoms with E-state index in [2.05, 4.69) is 62.0 Å². The molecule has 27 heavy (non-hydrogen) atoms. The molecule has 2 aliphatic rings. The Morgan fingerprint density at radius 2 is 2.11 bits per heavy atom. The largest absolute Gasteiger partial charge is 0.368 e. The number of thiazole rings is 1. The molecule has 138 valence electrons. The van der Waals surface area contributed by atoms with Crippen molar-refractivity contribution in [2.45, 2.75) is 45.6 Å². The number of hydrogen-bond acceptors (Lipinski definition) is 5. The standard InChI is InChI=1S/C21H21BrN4S/c1-12-5-6-14-10-18(13(2)16-4-3-9-26(12)20(14)16)24-25-21-23-17-8-7-15(22)11-19(17)27-21/h7-8,10-12H,3-6,9H2,1-2H3. The lowest BCUT2D eigenvalue weighted by molar-refractivity contribution is 0.533. The van der Waals surface area contributed by atoms with Gasteiger partial charge in [0.2, 0.25) is 5.13 Å². The minimum absolute atomic E-state index is 0.644. The van der Waals surface area contributed by atoms with Crippen LogP contribution in [0, 0.1) is 6.92 Å². The molecule has 6 heteroatoms. The molecule has 0 radical (unpaired) electrons. The summed E-state index contributed by atoms with van der Waals surface area (Å²) in [6.07, 6.45) is 4.73. The third-order valence-corrected chi connectivity index (χ3v) is 7.19. The van der Waals surface area contributed by atoms with Gasteiger partial charge in [0.05, 0.1) is 15.9 Å². The number of anilines is 1. The fourth-order valence-electron chi connectivity index (χ4n) is 4.35. The van der Waals surface area contributed by atoms with Crippen molar-refractivity contribution in [1.29, 1.82) is 0 Å². The molecule has 0 saturated carbocycles. The Morgan fingerprint density at radius 3 is 3.00 bits per heavy atom. The third-order valence-electron chi connectivity index (χ3n) is 5.80. The monoisotopic (exact) mass is 440 g/mol. The highest BCUT2D eigenvalue weighted by atomic mass is 79.9. The van der Waals surface area contributed by atoms with Gasteiger partial charge in [-0.2, -0.15) is 0 Å². The summed E-state index contributed by atoms with van der Waals surface area (Å²) in [6, 6.07) is 9.00. The average molecular weight is 441 g/mol. The Bertz CT molecular complexity index is 1070. The van der Waals surface area contributed by atoms with Gasteiger partial charge in [-0.05, 0) is 80.5 Å². The number of rotatable bonds is 2. The summed E-state index contributed by atoms with van der Waals surface area (Å²) in [6.45, 7) is 5.73. The minimum Gasteiger partial charge on any atom is -0.368 e. The van der Waals surface area contributed by atoms with Crippen molar-refractivity contribution in [3.63, 3.8) is 0 Å². The Kier molecular flexibility index (Phi) is 4.28. The lowest BCUT2D eigenvalue weighted by Gasteiger charge is -2.42. The summed E-state index contributed by atoms with van der Waals surface area (Å²) in [5.74, 6) is 0. The quantitative estimate of drug-likeness (QED) is 0.407. The van der Waals surface area contributed by atoms with Crippen molar-refractivity contribution in [3.05, 3.63) is 45.4 Å². The second kappa shape index (κ2) is 6.67. The second-order valence-electron chi connectivity index (χ2n) is 7.50. The van der Waals surface area contributed by atoms with Gasteiger partial charge in [-0.15, -0.1) is 10.2 Å². The van der Waals surface area contributed by atoms with E-state index in [1.54, 1.807) is 11.3 Å². The van der Waals surface area contributed by atoms with Crippen molar-refractivity contribution in [1.82, 2.24) is 4.98 Å². The zero-order valence-corrected chi connectivity index (χ0v) is 17.9. The van der Waals surface area contributed by atoms with Gasteiger partial charge in [-0.3, -0.25) is 0 Å². The predicted molar refractivity (Wildman–Crippen MR) is 116 cm³/mol. The smallest absolute Gasteiger partial charge is 0.231 e. The maximum Gasteiger partial charge on any atom is 0.231 e. The van der Waals surface area contributed by atoms with Gasteiger partial charge in [-0.1, -0.05) is 27.3 Å². The molecule has 0 saturated heterocycles. The van der Waals surface area contributed by atoms with Gasteiger partial charge in [0.1, 0.15) is 0 Å². The molecule has 0 bridgehead atoms. The first-order valence-electron chi connectivity index (χ1n) is 9.50. The van der Waals surface area contributed by atoms with Gasteiger partial charge >= 0.3 is 0 Å². The lowest BCUT2D eigenvalue weighted by atomic mass is 9.86. The Balaban J connectivity index is 1.54. The molecule has 3 aromatic rings. The minimum atomic E-state index is 0.644. The molecule has 4 nitrogen and oxygen atoms in total. The summed E-state index contributed by atoms with van der Waals surface area (Å²) in [5.41, 5.74) is 7.66. The highest BCUT2D eigenvalue weighted by Crippen LogP contribution is 2.43. The topological polar surface area (TPSA) is 40.9 Å². The van der Waals surface area contributed by atoms with Crippen molar-refractivity contribution >= 4 is 54.0 Å². The Hall–Kier alpha value is -1.79. The summed E-state index contributed by atoms with van der Waals surface area (Å²) in [4.78, 5) is 7.20. The van der Waals surface area contributed by atoms with Crippen LogP contribution in [-0.4, -0.2) is 17.6 Å². The van der Waals surface area contributed by atoms with E-state index in [-0.39, 0.29) is 0 Å². The number of nitrogens with zero attached hydrogens (tertiary/aromatic N) is 4. The fourth-order valence-corrected chi connectivity index (χ4v) is 5.69. The van der Waals surface area contributed by atoms with Crippen LogP contribution < -0.4 is 4.90 Å². The van der Waals surface area contributed by atoms with E-state index < -0.39 is 0 Å². The van der Waals surface area contributed by atoms with Crippen LogP contribution >= 0.6 is 27.3 Å². The molecule has 1 aromatic heterocycles. The van der Waals surface area contributed by atoms with E-state index in [9.17, 15) is 0 Å². The number of fused-ring (bicyclic) bond motifs is 1. The van der Waals surface area contributed by atoms with Crippen molar-refractivity contribution < 1.29 is 0 Å². The molecule has 3 heterocycles. The fraction of sp³-hybridized carbons (Fsp3) is 0.381. The zero-order chi connectivity index (χ0) is 18.5. The van der Waals surface area contributed by atoms with Crippen molar-refractivity contribution in [2.75, 3.05) is 11.4 Å². The summed E-state index contributed by atoms with van der Waals surface area (Å²) < 4.78 is 2.19. The van der Waals surface area contributed by atoms with Crippen molar-refractivity contribution in [3.8, 4) is 0 Å². The van der Waals surface area contributed by atoms with Crippen LogP contribution in [0.25, 0.3) is 10.2 Å². The van der Waals surface area contributed by atoms with E-state index in [4.69, 9.17) is 0 Å². The SMILES string of the molecule is Cc1c(N=Nc2nc3ccc(Br)cc3s2)cc2c3c1CCCN3C(C)CC2. The van der Waals surface area contributed by atoms with Gasteiger partial charge in [0.25, 0.3) is 0 Å². The van der Waals surface area contributed by atoms with Gasteiger partial charge in [-0.25, -0.2) is 4.98 Å². The number of benzene rings is 2. The number of hydrogen-bond donors (Lipinski definition) is 0. The first-order chi connectivity index (χ1) is 13.1. The Morgan fingerprint density at radius 1 is 1.22 bits per heavy atom. The zero-order valence-electron chi connectivity index (χ0n) is 15.5. The predicted octanol–water partition coefficient (Wildman–Crippen LogP) is 6.87. The van der Waals surface area contributed by atoms with Crippen LogP contribution in [-0.2, 0) is 12.8 Å². The normalized spacial score (nSPS) is 19.1. The second-order valence-corrected chi connectivity index (χ2v) is 9.42. The highest BCUT2D eigenvalue weighted by molar-refractivity contribution is 9.10. The molecule has 0 N–H and O–H groups in total. The van der Waals surface area contributed by atoms with Crippen LogP contribution in [0.3, 0.4) is 0 Å². The van der Waals surface area contributed by atoms with Crippen LogP contribution in [0.15, 0.2) is 39.0 Å². The first kappa shape index (κ1) is 17.3. The lowest BCUT2D eigenvalue weighted by Crippen LogP contribution is -2.41. The molecule has 1 atom stereocenters. The molecule has 1 unspecified atom stereocenters. The van der Waals surface area contributed by atoms with E-state index in [0.717, 1.165) is 33.2 Å². The highest BCUT2D eigenvalue weighted by Gasteiger charge is 2.30. The van der Waals surface area contributed by atoms with Gasteiger partial charge in [0, 0.05) is 22.7 Å². The Labute approximate surface area is 171 Å². The number of aryl methyl sites for hydroxylation is 1. The van der Waals surface area contributed by atoms with E-state index in [1.165, 1.54) is 41.8 Å². The van der Waals surface area contributed by atoms with E-state index in [1.807, 2.05) is 12.1 Å². The molecule has 5 rings (SSSR count). The van der Waals surface area contributed by atoms with E-state index in [0.29, 0.717) is 11.2 Å². The molecule has 2 aromatic carbocycles. The number of azo groups is 1. The summed E-state index contributed by atoms with van der Waals surface area (Å²) in [5, 5.41) is 9.82. The number of aromatic nitrogens is 1. The number of halogens is 1. The average Bonchev–Trinajstić information content (AvgIpc) is 3.07. The maximum absolute atomic E-state index is 4.62. The van der Waals surface area contributed by atoms with Crippen LogP contribution in [0.2, 0.25) is 0 Å². The summed E-state index contributed by atoms with van der Waals surface area (Å²) in [7, 11) is 0. The van der Waals surface area contributed by atoms with E-state index >= 15 is 0 Å². The first-order valence-corrected chi connectivity index (χ1v) is 11.1. The summed E-state index contributed by atoms with van der Waals surface area (Å²) >= 11 is 5.09. The van der Waals surface area contributed by atoms with Crippen LogP contribution in [0.4, 0.5) is 16.5 Å². The molecule has 0 spiro atoms. The molecular formula is C21H21BrN4S. The molecule has 0 amide bonds. The van der Waals surface area contributed by atoms with Gasteiger partial charge in [0.15, 0.2) is 0 Å². The van der Waals surface area contributed by atoms with Crippen LogP contribution in [0.1, 0.15) is 36.5 Å². The van der Waals surface area contributed by atoms with Crippen LogP contribution in [0.5, 0.6) is 0 Å². The molecule has 2 aliphatic heterocycles. The molecule has 0 aliphatic carbocycles. The molecular weight excluding hydrogens is 420 g/mol. The van der Waals surface area contributed by atoms with Crippen molar-refractivity contribution in [2.24, 2.45) is 10.2 Å².